The fraction of sp³-hybridized carbons (Fsp3) is 0.389. The maximum Gasteiger partial charge on any atom is 0.241 e. The lowest BCUT2D eigenvalue weighted by Crippen LogP contribution is -2.21. The summed E-state index contributed by atoms with van der Waals surface area (Å²) in [5, 5.41) is 8.62. The Morgan fingerprint density at radius 1 is 1.29 bits per heavy atom. The highest BCUT2D eigenvalue weighted by atomic mass is 32.2. The molecular formula is C18H23N3O2S. The van der Waals surface area contributed by atoms with E-state index in [1.807, 2.05) is 0 Å². The molecule has 0 aliphatic heterocycles. The quantitative estimate of drug-likeness (QED) is 0.890. The Bertz CT molecular complexity index is 847. The summed E-state index contributed by atoms with van der Waals surface area (Å²) >= 11 is 0. The third-order valence-electron chi connectivity index (χ3n) is 4.54. The van der Waals surface area contributed by atoms with E-state index < -0.39 is 10.0 Å². The van der Waals surface area contributed by atoms with Crippen LogP contribution in [-0.2, 0) is 16.4 Å². The molecule has 1 aliphatic carbocycles. The maximum absolute atomic E-state index is 11.8. The molecule has 0 saturated heterocycles. The first kappa shape index (κ1) is 16.9. The lowest BCUT2D eigenvalue weighted by Gasteiger charge is -2.28. The van der Waals surface area contributed by atoms with Gasteiger partial charge >= 0.3 is 0 Å². The number of anilines is 1. The monoisotopic (exact) mass is 345 g/mol. The SMILES string of the molecule is CC(C)c1ccc2c(c1)[C@H](Nc1ncccc1S(N)(=O)=O)CCC2. The predicted octanol–water partition coefficient (Wildman–Crippen LogP) is 3.34. The molecule has 2 aromatic rings. The van der Waals surface area contributed by atoms with Crippen LogP contribution in [0.2, 0.25) is 0 Å². The van der Waals surface area contributed by atoms with Crippen molar-refractivity contribution in [1.29, 1.82) is 0 Å². The van der Waals surface area contributed by atoms with Crippen molar-refractivity contribution in [1.82, 2.24) is 4.98 Å². The van der Waals surface area contributed by atoms with Crippen molar-refractivity contribution < 1.29 is 8.42 Å². The van der Waals surface area contributed by atoms with Crippen LogP contribution in [0, 0.1) is 0 Å². The molecule has 1 atom stereocenters. The van der Waals surface area contributed by atoms with Crippen LogP contribution in [0.15, 0.2) is 41.4 Å². The van der Waals surface area contributed by atoms with E-state index in [1.54, 1.807) is 12.3 Å². The second kappa shape index (κ2) is 6.53. The van der Waals surface area contributed by atoms with Gasteiger partial charge in [-0.25, -0.2) is 18.5 Å². The van der Waals surface area contributed by atoms with Gasteiger partial charge in [-0.3, -0.25) is 0 Å². The van der Waals surface area contributed by atoms with Crippen molar-refractivity contribution in [2.75, 3.05) is 5.32 Å². The highest BCUT2D eigenvalue weighted by molar-refractivity contribution is 7.89. The molecule has 6 heteroatoms. The van der Waals surface area contributed by atoms with Crippen LogP contribution in [0.25, 0.3) is 0 Å². The van der Waals surface area contributed by atoms with E-state index in [-0.39, 0.29) is 10.9 Å². The molecule has 128 valence electrons. The van der Waals surface area contributed by atoms with Gasteiger partial charge in [-0.2, -0.15) is 0 Å². The minimum atomic E-state index is -3.81. The zero-order valence-electron chi connectivity index (χ0n) is 14.0. The Balaban J connectivity index is 1.98. The zero-order valence-corrected chi connectivity index (χ0v) is 14.8. The first-order valence-corrected chi connectivity index (χ1v) is 9.78. The van der Waals surface area contributed by atoms with Gasteiger partial charge in [0.15, 0.2) is 0 Å². The van der Waals surface area contributed by atoms with Gasteiger partial charge in [0, 0.05) is 6.20 Å². The molecule has 0 bridgehead atoms. The molecule has 0 spiro atoms. The number of pyridine rings is 1. The predicted molar refractivity (Wildman–Crippen MR) is 95.4 cm³/mol. The zero-order chi connectivity index (χ0) is 17.3. The average Bonchev–Trinajstić information content (AvgIpc) is 2.54. The molecule has 1 aromatic heterocycles. The third kappa shape index (κ3) is 3.44. The van der Waals surface area contributed by atoms with Gasteiger partial charge in [0.2, 0.25) is 10.0 Å². The van der Waals surface area contributed by atoms with Crippen LogP contribution >= 0.6 is 0 Å². The summed E-state index contributed by atoms with van der Waals surface area (Å²) in [7, 11) is -3.81. The Labute approximate surface area is 143 Å². The van der Waals surface area contributed by atoms with Gasteiger partial charge in [-0.05, 0) is 54.0 Å². The molecule has 0 saturated carbocycles. The number of aromatic nitrogens is 1. The van der Waals surface area contributed by atoms with Crippen LogP contribution in [0.3, 0.4) is 0 Å². The van der Waals surface area contributed by atoms with Gasteiger partial charge < -0.3 is 5.32 Å². The van der Waals surface area contributed by atoms with E-state index in [4.69, 9.17) is 5.14 Å². The summed E-state index contributed by atoms with van der Waals surface area (Å²) in [6.45, 7) is 4.34. The van der Waals surface area contributed by atoms with Crippen molar-refractivity contribution in [3.8, 4) is 0 Å². The smallest absolute Gasteiger partial charge is 0.241 e. The molecule has 0 fully saturated rings. The topological polar surface area (TPSA) is 85.1 Å². The molecule has 1 aromatic carbocycles. The summed E-state index contributed by atoms with van der Waals surface area (Å²) in [5.41, 5.74) is 3.84. The van der Waals surface area contributed by atoms with Crippen LogP contribution < -0.4 is 10.5 Å². The van der Waals surface area contributed by atoms with E-state index in [0.29, 0.717) is 11.7 Å². The summed E-state index contributed by atoms with van der Waals surface area (Å²) < 4.78 is 23.6. The number of hydrogen-bond acceptors (Lipinski definition) is 4. The molecule has 0 amide bonds. The number of hydrogen-bond donors (Lipinski definition) is 2. The molecule has 0 unspecified atom stereocenters. The van der Waals surface area contributed by atoms with E-state index in [2.05, 4.69) is 42.3 Å². The molecule has 1 aliphatic rings. The lowest BCUT2D eigenvalue weighted by molar-refractivity contribution is 0.589. The van der Waals surface area contributed by atoms with Gasteiger partial charge in [-0.15, -0.1) is 0 Å². The Kier molecular flexibility index (Phi) is 4.60. The Morgan fingerprint density at radius 3 is 2.79 bits per heavy atom. The summed E-state index contributed by atoms with van der Waals surface area (Å²) in [6.07, 6.45) is 4.62. The summed E-state index contributed by atoms with van der Waals surface area (Å²) in [5.74, 6) is 0.778. The highest BCUT2D eigenvalue weighted by Crippen LogP contribution is 2.35. The number of sulfonamides is 1. The van der Waals surface area contributed by atoms with Crippen LogP contribution in [-0.4, -0.2) is 13.4 Å². The molecule has 3 N–H and O–H groups in total. The molecule has 0 radical (unpaired) electrons. The number of aryl methyl sites for hydroxylation is 1. The number of nitrogens with two attached hydrogens (primary N) is 1. The fourth-order valence-electron chi connectivity index (χ4n) is 3.22. The lowest BCUT2D eigenvalue weighted by atomic mass is 9.85. The van der Waals surface area contributed by atoms with Crippen molar-refractivity contribution in [2.24, 2.45) is 5.14 Å². The highest BCUT2D eigenvalue weighted by Gasteiger charge is 2.24. The van der Waals surface area contributed by atoms with Gasteiger partial charge in [-0.1, -0.05) is 32.0 Å². The standard InChI is InChI=1S/C18H23N3O2S/c1-12(2)14-9-8-13-5-3-6-16(15(13)11-14)21-18-17(24(19,22)23)7-4-10-20-18/h4,7-12,16H,3,5-6H2,1-2H3,(H,20,21)(H2,19,22,23)/t16-/m1/s1. The van der Waals surface area contributed by atoms with Crippen LogP contribution in [0.4, 0.5) is 5.82 Å². The third-order valence-corrected chi connectivity index (χ3v) is 5.48. The van der Waals surface area contributed by atoms with E-state index in [0.717, 1.165) is 19.3 Å². The minimum Gasteiger partial charge on any atom is -0.362 e. The second-order valence-corrected chi connectivity index (χ2v) is 8.13. The number of fused-ring (bicyclic) bond motifs is 1. The maximum atomic E-state index is 11.8. The van der Waals surface area contributed by atoms with Crippen molar-refractivity contribution in [3.63, 3.8) is 0 Å². The fourth-order valence-corrected chi connectivity index (χ4v) is 3.87. The van der Waals surface area contributed by atoms with Crippen LogP contribution in [0.5, 0.6) is 0 Å². The number of primary sulfonamides is 1. The van der Waals surface area contributed by atoms with Gasteiger partial charge in [0.25, 0.3) is 0 Å². The number of nitrogens with zero attached hydrogens (tertiary/aromatic N) is 1. The number of rotatable bonds is 4. The minimum absolute atomic E-state index is 0.0390. The molecule has 24 heavy (non-hydrogen) atoms. The summed E-state index contributed by atoms with van der Waals surface area (Å²) in [6, 6.07) is 9.72. The number of nitrogens with one attached hydrogen (secondary N) is 1. The number of benzene rings is 1. The second-order valence-electron chi connectivity index (χ2n) is 6.60. The normalized spacial score (nSPS) is 17.6. The summed E-state index contributed by atoms with van der Waals surface area (Å²) in [4.78, 5) is 4.24. The molecule has 5 nitrogen and oxygen atoms in total. The van der Waals surface area contributed by atoms with Crippen LogP contribution in [0.1, 0.15) is 55.3 Å². The van der Waals surface area contributed by atoms with Crippen molar-refractivity contribution in [3.05, 3.63) is 53.2 Å². The first-order chi connectivity index (χ1) is 11.4. The molecular weight excluding hydrogens is 322 g/mol. The molecule has 1 heterocycles. The van der Waals surface area contributed by atoms with E-state index >= 15 is 0 Å². The largest absolute Gasteiger partial charge is 0.362 e. The van der Waals surface area contributed by atoms with E-state index in [1.165, 1.54) is 22.8 Å². The van der Waals surface area contributed by atoms with Gasteiger partial charge in [0.1, 0.15) is 10.7 Å². The molecule has 3 rings (SSSR count). The first-order valence-electron chi connectivity index (χ1n) is 8.23. The van der Waals surface area contributed by atoms with Crippen molar-refractivity contribution in [2.45, 2.75) is 50.0 Å². The van der Waals surface area contributed by atoms with Gasteiger partial charge in [0.05, 0.1) is 6.04 Å². The Hall–Kier alpha value is -1.92. The van der Waals surface area contributed by atoms with Crippen molar-refractivity contribution >= 4 is 15.8 Å². The van der Waals surface area contributed by atoms with E-state index in [9.17, 15) is 8.42 Å². The Morgan fingerprint density at radius 2 is 2.08 bits per heavy atom. The average molecular weight is 345 g/mol.